The average Bonchev–Trinajstić information content (AvgIpc) is 3.48. The van der Waals surface area contributed by atoms with Crippen molar-refractivity contribution < 1.29 is 13.2 Å². The van der Waals surface area contributed by atoms with Gasteiger partial charge in [0.2, 0.25) is 0 Å². The third-order valence-corrected chi connectivity index (χ3v) is 6.45. The lowest BCUT2D eigenvalue weighted by Gasteiger charge is -2.40. The molecule has 1 N–H and O–H groups in total. The molecule has 5 rings (SSSR count). The van der Waals surface area contributed by atoms with Crippen LogP contribution < -0.4 is 4.90 Å². The number of halogens is 3. The second-order valence-corrected chi connectivity index (χ2v) is 8.90. The van der Waals surface area contributed by atoms with E-state index >= 15 is 0 Å². The van der Waals surface area contributed by atoms with E-state index in [9.17, 15) is 13.2 Å². The van der Waals surface area contributed by atoms with Gasteiger partial charge in [0.05, 0.1) is 23.8 Å². The van der Waals surface area contributed by atoms with Crippen LogP contribution in [-0.2, 0) is 12.7 Å². The van der Waals surface area contributed by atoms with Crippen molar-refractivity contribution in [3.8, 4) is 16.9 Å². The van der Waals surface area contributed by atoms with Crippen molar-refractivity contribution in [3.05, 3.63) is 78.1 Å². The number of aromatic amines is 1. The summed E-state index contributed by atoms with van der Waals surface area (Å²) in [7, 11) is 0. The molecule has 7 nitrogen and oxygen atoms in total. The van der Waals surface area contributed by atoms with Crippen LogP contribution in [0.5, 0.6) is 0 Å². The molecule has 3 aromatic heterocycles. The van der Waals surface area contributed by atoms with Crippen LogP contribution in [0, 0.1) is 6.92 Å². The van der Waals surface area contributed by atoms with E-state index in [2.05, 4.69) is 61.2 Å². The highest BCUT2D eigenvalue weighted by atomic mass is 19.4. The van der Waals surface area contributed by atoms with E-state index in [0.29, 0.717) is 12.4 Å². The number of alkyl halides is 3. The van der Waals surface area contributed by atoms with Crippen molar-refractivity contribution in [1.29, 1.82) is 0 Å². The first-order valence-corrected chi connectivity index (χ1v) is 11.4. The Morgan fingerprint density at radius 3 is 2.46 bits per heavy atom. The van der Waals surface area contributed by atoms with Gasteiger partial charge in [-0.25, -0.2) is 9.97 Å². The molecule has 1 atom stereocenters. The molecular weight excluding hydrogens is 455 g/mol. The summed E-state index contributed by atoms with van der Waals surface area (Å²) in [5, 5.41) is 7.41. The van der Waals surface area contributed by atoms with E-state index in [-0.39, 0.29) is 6.04 Å². The summed E-state index contributed by atoms with van der Waals surface area (Å²) < 4.78 is 40.6. The lowest BCUT2D eigenvalue weighted by molar-refractivity contribution is -0.137. The van der Waals surface area contributed by atoms with Crippen LogP contribution in [0.2, 0.25) is 0 Å². The highest BCUT2D eigenvalue weighted by molar-refractivity contribution is 5.64. The summed E-state index contributed by atoms with van der Waals surface area (Å²) in [5.74, 6) is 0.572. The number of rotatable bonds is 5. The Morgan fingerprint density at radius 1 is 1.03 bits per heavy atom. The molecule has 1 aliphatic heterocycles. The fourth-order valence-corrected chi connectivity index (χ4v) is 4.58. The van der Waals surface area contributed by atoms with Gasteiger partial charge in [-0.15, -0.1) is 0 Å². The number of piperazine rings is 1. The largest absolute Gasteiger partial charge is 0.417 e. The molecule has 0 amide bonds. The zero-order valence-electron chi connectivity index (χ0n) is 19.5. The number of hydrogen-bond donors (Lipinski definition) is 1. The fourth-order valence-electron chi connectivity index (χ4n) is 4.58. The highest BCUT2D eigenvalue weighted by Crippen LogP contribution is 2.30. The van der Waals surface area contributed by atoms with Crippen LogP contribution in [0.4, 0.5) is 19.0 Å². The summed E-state index contributed by atoms with van der Waals surface area (Å²) in [6.45, 7) is 7.04. The summed E-state index contributed by atoms with van der Waals surface area (Å²) >= 11 is 0. The number of hydrogen-bond acceptors (Lipinski definition) is 5. The van der Waals surface area contributed by atoms with Crippen molar-refractivity contribution in [2.75, 3.05) is 24.5 Å². The highest BCUT2D eigenvalue weighted by Gasteiger charge is 2.32. The quantitative estimate of drug-likeness (QED) is 0.448. The van der Waals surface area contributed by atoms with Gasteiger partial charge in [-0.05, 0) is 38.1 Å². The predicted molar refractivity (Wildman–Crippen MR) is 127 cm³/mol. The summed E-state index contributed by atoms with van der Waals surface area (Å²) in [6, 6.07) is 10.9. The summed E-state index contributed by atoms with van der Waals surface area (Å²) in [4.78, 5) is 12.6. The Bertz CT molecular complexity index is 1280. The van der Waals surface area contributed by atoms with Crippen molar-refractivity contribution in [1.82, 2.24) is 29.6 Å². The number of nitrogens with one attached hydrogen (secondary N) is 1. The lowest BCUT2D eigenvalue weighted by Crippen LogP contribution is -2.51. The first kappa shape index (κ1) is 23.1. The summed E-state index contributed by atoms with van der Waals surface area (Å²) in [5.41, 5.74) is 4.53. The van der Waals surface area contributed by atoms with Crippen LogP contribution in [0.1, 0.15) is 23.7 Å². The van der Waals surface area contributed by atoms with Crippen LogP contribution in [-0.4, -0.2) is 55.3 Å². The number of anilines is 1. The minimum atomic E-state index is -4.38. The number of imidazole rings is 1. The maximum absolute atomic E-state index is 12.9. The van der Waals surface area contributed by atoms with E-state index in [1.807, 2.05) is 23.9 Å². The molecule has 35 heavy (non-hydrogen) atoms. The third-order valence-electron chi connectivity index (χ3n) is 6.45. The third kappa shape index (κ3) is 4.79. The standard InChI is InChI=1S/C25H26F3N7/c1-17-11-29-16-35(17)22-6-3-19(4-7-22)24-20(12-31-32-24)15-33-9-10-34(18(2)14-33)23-8-5-21(13-30-23)25(26,27)28/h3-8,11-13,16,18H,9-10,14-15H2,1-2H3,(H,31,32)/t18-/m1/s1. The Kier molecular flexibility index (Phi) is 6.06. The number of benzene rings is 1. The number of aryl methyl sites for hydroxylation is 1. The first-order valence-electron chi connectivity index (χ1n) is 11.4. The fraction of sp³-hybridized carbons (Fsp3) is 0.320. The molecule has 4 heterocycles. The molecular formula is C25H26F3N7. The zero-order chi connectivity index (χ0) is 24.6. The summed E-state index contributed by atoms with van der Waals surface area (Å²) in [6.07, 6.45) is 2.02. The molecule has 182 valence electrons. The predicted octanol–water partition coefficient (Wildman–Crippen LogP) is 4.70. The molecule has 1 aliphatic rings. The molecule has 10 heteroatoms. The van der Waals surface area contributed by atoms with Crippen LogP contribution >= 0.6 is 0 Å². The molecule has 0 saturated carbocycles. The van der Waals surface area contributed by atoms with E-state index < -0.39 is 11.7 Å². The second kappa shape index (κ2) is 9.18. The van der Waals surface area contributed by atoms with Crippen molar-refractivity contribution in [2.24, 2.45) is 0 Å². The Hall–Kier alpha value is -3.66. The number of H-pyrrole nitrogens is 1. The van der Waals surface area contributed by atoms with Gasteiger partial charge < -0.3 is 9.47 Å². The molecule has 0 bridgehead atoms. The van der Waals surface area contributed by atoms with Crippen LogP contribution in [0.3, 0.4) is 0 Å². The van der Waals surface area contributed by atoms with Crippen molar-refractivity contribution >= 4 is 5.82 Å². The minimum Gasteiger partial charge on any atom is -0.351 e. The average molecular weight is 482 g/mol. The smallest absolute Gasteiger partial charge is 0.351 e. The van der Waals surface area contributed by atoms with Gasteiger partial charge in [-0.3, -0.25) is 10.00 Å². The molecule has 4 aromatic rings. The topological polar surface area (TPSA) is 65.9 Å². The number of aromatic nitrogens is 5. The van der Waals surface area contributed by atoms with Crippen molar-refractivity contribution in [2.45, 2.75) is 32.6 Å². The van der Waals surface area contributed by atoms with E-state index in [4.69, 9.17) is 0 Å². The van der Waals surface area contributed by atoms with Crippen molar-refractivity contribution in [3.63, 3.8) is 0 Å². The number of nitrogens with zero attached hydrogens (tertiary/aromatic N) is 6. The molecule has 1 fully saturated rings. The van der Waals surface area contributed by atoms with Gasteiger partial charge in [0.25, 0.3) is 0 Å². The normalized spacial score (nSPS) is 17.2. The number of pyridine rings is 1. The first-order chi connectivity index (χ1) is 16.8. The van der Waals surface area contributed by atoms with E-state index in [1.165, 1.54) is 6.07 Å². The molecule has 1 aromatic carbocycles. The van der Waals surface area contributed by atoms with Gasteiger partial charge >= 0.3 is 6.18 Å². The van der Waals surface area contributed by atoms with Gasteiger partial charge in [0.15, 0.2) is 0 Å². The molecule has 0 unspecified atom stereocenters. The second-order valence-electron chi connectivity index (χ2n) is 8.90. The van der Waals surface area contributed by atoms with Gasteiger partial charge in [0.1, 0.15) is 5.82 Å². The molecule has 0 radical (unpaired) electrons. The maximum atomic E-state index is 12.9. The monoisotopic (exact) mass is 481 g/mol. The Balaban J connectivity index is 1.25. The van der Waals surface area contributed by atoms with E-state index in [1.54, 1.807) is 6.33 Å². The molecule has 1 saturated heterocycles. The van der Waals surface area contributed by atoms with Gasteiger partial charge in [-0.2, -0.15) is 18.3 Å². The SMILES string of the molecule is Cc1cncn1-c1ccc(-c2[nH]ncc2CN2CCN(c3ccc(C(F)(F)F)cn3)[C@H](C)C2)cc1. The zero-order valence-corrected chi connectivity index (χ0v) is 19.5. The van der Waals surface area contributed by atoms with Gasteiger partial charge in [0, 0.05) is 67.1 Å². The lowest BCUT2D eigenvalue weighted by atomic mass is 10.1. The Labute approximate surface area is 201 Å². The van der Waals surface area contributed by atoms with Crippen LogP contribution in [0.25, 0.3) is 16.9 Å². The molecule has 0 spiro atoms. The maximum Gasteiger partial charge on any atom is 0.417 e. The Morgan fingerprint density at radius 2 is 1.83 bits per heavy atom. The van der Waals surface area contributed by atoms with E-state index in [0.717, 1.165) is 60.1 Å². The van der Waals surface area contributed by atoms with Gasteiger partial charge in [-0.1, -0.05) is 12.1 Å². The molecule has 0 aliphatic carbocycles. The van der Waals surface area contributed by atoms with Crippen LogP contribution in [0.15, 0.2) is 61.3 Å². The minimum absolute atomic E-state index is 0.112.